The van der Waals surface area contributed by atoms with Gasteiger partial charge in [0, 0.05) is 0 Å². The predicted octanol–water partition coefficient (Wildman–Crippen LogP) is 2.41. The number of nitrogens with zero attached hydrogens (tertiary/aromatic N) is 1. The summed E-state index contributed by atoms with van der Waals surface area (Å²) in [6, 6.07) is 5.87. The van der Waals surface area contributed by atoms with E-state index in [9.17, 15) is 13.6 Å². The van der Waals surface area contributed by atoms with Crippen molar-refractivity contribution in [3.63, 3.8) is 0 Å². The fourth-order valence-corrected chi connectivity index (χ4v) is 1.78. The molecule has 6 nitrogen and oxygen atoms in total. The summed E-state index contributed by atoms with van der Waals surface area (Å²) in [4.78, 5) is 12.1. The smallest absolute Gasteiger partial charge is 0.387 e. The Morgan fingerprint density at radius 3 is 2.81 bits per heavy atom. The molecule has 0 aliphatic carbocycles. The molecule has 0 saturated heterocycles. The van der Waals surface area contributed by atoms with Crippen LogP contribution in [0.15, 0.2) is 24.3 Å². The van der Waals surface area contributed by atoms with Crippen LogP contribution < -0.4 is 15.8 Å². The summed E-state index contributed by atoms with van der Waals surface area (Å²) < 4.78 is 28.9. The number of nitrogens with two attached hydrogens (primary N) is 1. The number of halogens is 2. The summed E-state index contributed by atoms with van der Waals surface area (Å²) in [5.74, 6) is -0.737. The number of aromatic nitrogens is 2. The van der Waals surface area contributed by atoms with Crippen LogP contribution in [-0.4, -0.2) is 22.7 Å². The number of hydrogen-bond donors (Lipinski definition) is 3. The Labute approximate surface area is 119 Å². The lowest BCUT2D eigenvalue weighted by atomic mass is 10.2. The molecule has 1 aromatic heterocycles. The molecule has 1 heterocycles. The first kappa shape index (κ1) is 14.8. The van der Waals surface area contributed by atoms with Crippen LogP contribution >= 0.6 is 0 Å². The molecule has 0 fully saturated rings. The van der Waals surface area contributed by atoms with Crippen LogP contribution in [0.1, 0.15) is 23.1 Å². The number of para-hydroxylation sites is 2. The zero-order valence-electron chi connectivity index (χ0n) is 11.2. The summed E-state index contributed by atoms with van der Waals surface area (Å²) in [5.41, 5.74) is 6.78. The van der Waals surface area contributed by atoms with Crippen molar-refractivity contribution in [3.05, 3.63) is 35.7 Å². The van der Waals surface area contributed by atoms with E-state index < -0.39 is 12.5 Å². The van der Waals surface area contributed by atoms with Crippen LogP contribution in [0.25, 0.3) is 0 Å². The van der Waals surface area contributed by atoms with Gasteiger partial charge in [-0.05, 0) is 18.6 Å². The number of hydrogen-bond acceptors (Lipinski definition) is 4. The third-order valence-electron chi connectivity index (χ3n) is 2.80. The largest absolute Gasteiger partial charge is 0.433 e. The van der Waals surface area contributed by atoms with Crippen LogP contribution in [0.3, 0.4) is 0 Å². The van der Waals surface area contributed by atoms with Crippen molar-refractivity contribution in [2.24, 2.45) is 0 Å². The summed E-state index contributed by atoms with van der Waals surface area (Å²) in [7, 11) is 0. The molecule has 0 spiro atoms. The van der Waals surface area contributed by atoms with Crippen LogP contribution in [0.2, 0.25) is 0 Å². The predicted molar refractivity (Wildman–Crippen MR) is 73.4 cm³/mol. The van der Waals surface area contributed by atoms with E-state index in [1.54, 1.807) is 6.07 Å². The third kappa shape index (κ3) is 3.28. The number of benzene rings is 1. The monoisotopic (exact) mass is 296 g/mol. The Bertz CT molecular complexity index is 643. The molecule has 0 radical (unpaired) electrons. The SMILES string of the molecule is CCc1[nH]nc(C(=O)Nc2ccccc2OC(F)F)c1N. The van der Waals surface area contributed by atoms with E-state index in [0.29, 0.717) is 12.1 Å². The average molecular weight is 296 g/mol. The van der Waals surface area contributed by atoms with Gasteiger partial charge in [-0.15, -0.1) is 0 Å². The molecular weight excluding hydrogens is 282 g/mol. The topological polar surface area (TPSA) is 93.0 Å². The minimum absolute atomic E-state index is 0.0127. The molecule has 0 atom stereocenters. The van der Waals surface area contributed by atoms with E-state index in [2.05, 4.69) is 20.3 Å². The molecule has 0 aliphatic heterocycles. The Morgan fingerprint density at radius 1 is 1.48 bits per heavy atom. The maximum atomic E-state index is 12.3. The Kier molecular flexibility index (Phi) is 4.36. The standard InChI is InChI=1S/C13H14F2N4O2/c1-2-7-10(16)11(19-18-7)12(20)17-8-5-3-4-6-9(8)21-13(14)15/h3-6,13H,2,16H2,1H3,(H,17,20)(H,18,19). The van der Waals surface area contributed by atoms with Gasteiger partial charge in [0.1, 0.15) is 5.75 Å². The molecule has 21 heavy (non-hydrogen) atoms. The van der Waals surface area contributed by atoms with Crippen molar-refractivity contribution in [2.45, 2.75) is 20.0 Å². The maximum Gasteiger partial charge on any atom is 0.387 e. The first-order valence-corrected chi connectivity index (χ1v) is 6.20. The van der Waals surface area contributed by atoms with Crippen LogP contribution in [0.5, 0.6) is 5.75 Å². The Morgan fingerprint density at radius 2 is 2.19 bits per heavy atom. The van der Waals surface area contributed by atoms with Crippen molar-refractivity contribution in [1.29, 1.82) is 0 Å². The molecule has 4 N–H and O–H groups in total. The second kappa shape index (κ2) is 6.21. The average Bonchev–Trinajstić information content (AvgIpc) is 2.81. The quantitative estimate of drug-likeness (QED) is 0.790. The third-order valence-corrected chi connectivity index (χ3v) is 2.80. The fourth-order valence-electron chi connectivity index (χ4n) is 1.78. The van der Waals surface area contributed by atoms with Gasteiger partial charge in [0.2, 0.25) is 0 Å². The number of nitrogens with one attached hydrogen (secondary N) is 2. The van der Waals surface area contributed by atoms with Gasteiger partial charge in [-0.25, -0.2) is 0 Å². The normalized spacial score (nSPS) is 10.7. The molecule has 0 bridgehead atoms. The highest BCUT2D eigenvalue weighted by atomic mass is 19.3. The molecule has 8 heteroatoms. The number of amides is 1. The molecule has 2 rings (SSSR count). The van der Waals surface area contributed by atoms with Crippen molar-refractivity contribution < 1.29 is 18.3 Å². The minimum Gasteiger partial charge on any atom is -0.433 e. The van der Waals surface area contributed by atoms with E-state index in [1.165, 1.54) is 18.2 Å². The second-order valence-corrected chi connectivity index (χ2v) is 4.15. The number of aromatic amines is 1. The summed E-state index contributed by atoms with van der Waals surface area (Å²) >= 11 is 0. The van der Waals surface area contributed by atoms with E-state index in [1.807, 2.05) is 6.92 Å². The van der Waals surface area contributed by atoms with E-state index >= 15 is 0 Å². The van der Waals surface area contributed by atoms with Crippen LogP contribution in [0.4, 0.5) is 20.2 Å². The number of ether oxygens (including phenoxy) is 1. The van der Waals surface area contributed by atoms with Crippen molar-refractivity contribution in [1.82, 2.24) is 10.2 Å². The van der Waals surface area contributed by atoms with Gasteiger partial charge < -0.3 is 15.8 Å². The van der Waals surface area contributed by atoms with Crippen molar-refractivity contribution in [3.8, 4) is 5.75 Å². The first-order valence-electron chi connectivity index (χ1n) is 6.20. The molecule has 2 aromatic rings. The van der Waals surface area contributed by atoms with E-state index in [4.69, 9.17) is 5.73 Å². The highest BCUT2D eigenvalue weighted by molar-refractivity contribution is 6.07. The van der Waals surface area contributed by atoms with E-state index in [0.717, 1.165) is 0 Å². The highest BCUT2D eigenvalue weighted by Crippen LogP contribution is 2.26. The van der Waals surface area contributed by atoms with Gasteiger partial charge in [-0.2, -0.15) is 13.9 Å². The van der Waals surface area contributed by atoms with Gasteiger partial charge in [-0.1, -0.05) is 19.1 Å². The minimum atomic E-state index is -2.98. The summed E-state index contributed by atoms with van der Waals surface area (Å²) in [6.07, 6.45) is 0.594. The Balaban J connectivity index is 2.21. The van der Waals surface area contributed by atoms with Crippen molar-refractivity contribution in [2.75, 3.05) is 11.1 Å². The number of H-pyrrole nitrogens is 1. The zero-order valence-corrected chi connectivity index (χ0v) is 11.2. The zero-order chi connectivity index (χ0) is 15.4. The Hall–Kier alpha value is -2.64. The number of carbonyl (C=O) groups is 1. The van der Waals surface area contributed by atoms with Gasteiger partial charge in [0.15, 0.2) is 5.69 Å². The lowest BCUT2D eigenvalue weighted by molar-refractivity contribution is -0.0493. The first-order chi connectivity index (χ1) is 10.0. The van der Waals surface area contributed by atoms with Gasteiger partial charge in [0.05, 0.1) is 17.1 Å². The number of carbonyl (C=O) groups excluding carboxylic acids is 1. The number of rotatable bonds is 5. The summed E-state index contributed by atoms with van der Waals surface area (Å²) in [6.45, 7) is -1.12. The molecule has 0 saturated carbocycles. The number of aryl methyl sites for hydroxylation is 1. The molecule has 0 aliphatic rings. The molecule has 0 unspecified atom stereocenters. The van der Waals surface area contributed by atoms with Crippen LogP contribution in [0, 0.1) is 0 Å². The lowest BCUT2D eigenvalue weighted by Crippen LogP contribution is -2.15. The second-order valence-electron chi connectivity index (χ2n) is 4.15. The highest BCUT2D eigenvalue weighted by Gasteiger charge is 2.18. The lowest BCUT2D eigenvalue weighted by Gasteiger charge is -2.11. The van der Waals surface area contributed by atoms with Gasteiger partial charge >= 0.3 is 6.61 Å². The summed E-state index contributed by atoms with van der Waals surface area (Å²) in [5, 5.41) is 8.92. The van der Waals surface area contributed by atoms with Crippen molar-refractivity contribution >= 4 is 17.3 Å². The van der Waals surface area contributed by atoms with Crippen LogP contribution in [-0.2, 0) is 6.42 Å². The van der Waals surface area contributed by atoms with Gasteiger partial charge in [-0.3, -0.25) is 9.89 Å². The molecular formula is C13H14F2N4O2. The van der Waals surface area contributed by atoms with E-state index in [-0.39, 0.29) is 22.8 Å². The molecule has 1 aromatic carbocycles. The fraction of sp³-hybridized carbons (Fsp3) is 0.231. The number of alkyl halides is 2. The number of nitrogen functional groups attached to an aromatic ring is 1. The molecule has 1 amide bonds. The van der Waals surface area contributed by atoms with Gasteiger partial charge in [0.25, 0.3) is 5.91 Å². The maximum absolute atomic E-state index is 12.3. The molecule has 112 valence electrons. The number of anilines is 2.